The highest BCUT2D eigenvalue weighted by molar-refractivity contribution is 7.92. The summed E-state index contributed by atoms with van der Waals surface area (Å²) in [6.45, 7) is 5.52. The average Bonchev–Trinajstić information content (AvgIpc) is 2.81. The van der Waals surface area contributed by atoms with Crippen molar-refractivity contribution in [2.45, 2.75) is 38.3 Å². The molecule has 3 aromatic rings. The molecule has 0 fully saturated rings. The Morgan fingerprint density at radius 2 is 1.77 bits per heavy atom. The van der Waals surface area contributed by atoms with Gasteiger partial charge >= 0.3 is 0 Å². The van der Waals surface area contributed by atoms with Crippen LogP contribution in [0.3, 0.4) is 0 Å². The fourth-order valence-electron chi connectivity index (χ4n) is 3.35. The first kappa shape index (κ1) is 26.4. The van der Waals surface area contributed by atoms with Crippen LogP contribution in [-0.2, 0) is 21.4 Å². The van der Waals surface area contributed by atoms with Gasteiger partial charge in [-0.2, -0.15) is 0 Å². The van der Waals surface area contributed by atoms with Crippen LogP contribution >= 0.6 is 11.6 Å². The first-order chi connectivity index (χ1) is 16.6. The Morgan fingerprint density at radius 1 is 1.06 bits per heavy atom. The fourth-order valence-corrected chi connectivity index (χ4v) is 5.02. The molecule has 0 unspecified atom stereocenters. The number of carbonyl (C=O) groups is 1. The summed E-state index contributed by atoms with van der Waals surface area (Å²) in [7, 11) is -2.58. The van der Waals surface area contributed by atoms with Crippen LogP contribution in [0, 0.1) is 6.92 Å². The van der Waals surface area contributed by atoms with E-state index in [4.69, 9.17) is 21.1 Å². The zero-order chi connectivity index (χ0) is 25.6. The van der Waals surface area contributed by atoms with E-state index >= 15 is 0 Å². The van der Waals surface area contributed by atoms with E-state index in [0.29, 0.717) is 11.5 Å². The minimum absolute atomic E-state index is 0.0247. The highest BCUT2D eigenvalue weighted by Gasteiger charge is 2.27. The third-order valence-corrected chi connectivity index (χ3v) is 7.16. The van der Waals surface area contributed by atoms with Crippen LogP contribution in [0.2, 0.25) is 5.02 Å². The molecule has 0 saturated heterocycles. The number of aryl methyl sites for hydroxylation is 1. The lowest BCUT2D eigenvalue weighted by Crippen LogP contribution is -2.40. The standard InChI is InChI=1S/C26H29ClN2O5S/c1-18(2)34-22-7-5-6-20(14-22)16-28-26(30)17-29(21-10-13-25(33-4)24(27)15-21)35(31,32)23-11-8-19(3)9-12-23/h5-15,18H,16-17H2,1-4H3,(H,28,30). The van der Waals surface area contributed by atoms with Crippen molar-refractivity contribution in [3.63, 3.8) is 0 Å². The Kier molecular flexibility index (Phi) is 8.64. The normalized spacial score (nSPS) is 11.3. The third kappa shape index (κ3) is 6.90. The number of sulfonamides is 1. The van der Waals surface area contributed by atoms with Gasteiger partial charge in [0.1, 0.15) is 18.0 Å². The van der Waals surface area contributed by atoms with E-state index < -0.39 is 22.5 Å². The maximum atomic E-state index is 13.5. The van der Waals surface area contributed by atoms with E-state index in [1.54, 1.807) is 24.3 Å². The molecule has 35 heavy (non-hydrogen) atoms. The Balaban J connectivity index is 1.85. The zero-order valence-electron chi connectivity index (χ0n) is 20.1. The predicted molar refractivity (Wildman–Crippen MR) is 138 cm³/mol. The molecule has 1 N–H and O–H groups in total. The lowest BCUT2D eigenvalue weighted by atomic mass is 10.2. The summed E-state index contributed by atoms with van der Waals surface area (Å²) in [4.78, 5) is 13.0. The second kappa shape index (κ2) is 11.5. The summed E-state index contributed by atoms with van der Waals surface area (Å²) in [5, 5.41) is 3.02. The zero-order valence-corrected chi connectivity index (χ0v) is 21.7. The summed E-state index contributed by atoms with van der Waals surface area (Å²) < 4.78 is 39.0. The fraction of sp³-hybridized carbons (Fsp3) is 0.269. The maximum Gasteiger partial charge on any atom is 0.264 e. The van der Waals surface area contributed by atoms with Crippen LogP contribution in [0.4, 0.5) is 5.69 Å². The first-order valence-corrected chi connectivity index (χ1v) is 12.9. The van der Waals surface area contributed by atoms with Gasteiger partial charge in [0.15, 0.2) is 0 Å². The number of carbonyl (C=O) groups excluding carboxylic acids is 1. The molecule has 0 atom stereocenters. The highest BCUT2D eigenvalue weighted by Crippen LogP contribution is 2.32. The molecule has 0 aliphatic carbocycles. The number of nitrogens with one attached hydrogen (secondary N) is 1. The van der Waals surface area contributed by atoms with E-state index in [1.165, 1.54) is 25.3 Å². The van der Waals surface area contributed by atoms with Gasteiger partial charge in [0.2, 0.25) is 5.91 Å². The van der Waals surface area contributed by atoms with Crippen molar-refractivity contribution >= 4 is 33.2 Å². The third-order valence-electron chi connectivity index (χ3n) is 5.08. The molecule has 0 bridgehead atoms. The topological polar surface area (TPSA) is 84.9 Å². The summed E-state index contributed by atoms with van der Waals surface area (Å²) in [5.74, 6) is 0.627. The number of hydrogen-bond donors (Lipinski definition) is 1. The van der Waals surface area contributed by atoms with Crippen molar-refractivity contribution in [1.82, 2.24) is 5.32 Å². The minimum atomic E-state index is -4.05. The van der Waals surface area contributed by atoms with Crippen molar-refractivity contribution in [2.75, 3.05) is 18.0 Å². The quantitative estimate of drug-likeness (QED) is 0.412. The lowest BCUT2D eigenvalue weighted by molar-refractivity contribution is -0.119. The van der Waals surface area contributed by atoms with E-state index in [-0.39, 0.29) is 28.3 Å². The lowest BCUT2D eigenvalue weighted by Gasteiger charge is -2.24. The van der Waals surface area contributed by atoms with Gasteiger partial charge in [-0.3, -0.25) is 9.10 Å². The summed E-state index contributed by atoms with van der Waals surface area (Å²) in [5.41, 5.74) is 2.00. The Bertz CT molecular complexity index is 1280. The van der Waals surface area contributed by atoms with E-state index in [0.717, 1.165) is 15.4 Å². The van der Waals surface area contributed by atoms with Gasteiger partial charge in [-0.1, -0.05) is 41.4 Å². The molecule has 9 heteroatoms. The smallest absolute Gasteiger partial charge is 0.264 e. The van der Waals surface area contributed by atoms with Crippen molar-refractivity contribution in [3.8, 4) is 11.5 Å². The number of ether oxygens (including phenoxy) is 2. The molecule has 0 aromatic heterocycles. The van der Waals surface area contributed by atoms with Crippen LogP contribution in [-0.4, -0.2) is 34.1 Å². The van der Waals surface area contributed by atoms with E-state index in [2.05, 4.69) is 5.32 Å². The number of hydrogen-bond acceptors (Lipinski definition) is 5. The predicted octanol–water partition coefficient (Wildman–Crippen LogP) is 4.96. The van der Waals surface area contributed by atoms with Crippen molar-refractivity contribution < 1.29 is 22.7 Å². The van der Waals surface area contributed by atoms with Crippen molar-refractivity contribution in [1.29, 1.82) is 0 Å². The van der Waals surface area contributed by atoms with Crippen LogP contribution in [0.15, 0.2) is 71.6 Å². The number of methoxy groups -OCH3 is 1. The van der Waals surface area contributed by atoms with Gasteiger partial charge in [0.05, 0.1) is 28.8 Å². The Hall–Kier alpha value is -3.23. The number of rotatable bonds is 10. The maximum absolute atomic E-state index is 13.5. The van der Waals surface area contributed by atoms with Crippen LogP contribution in [0.5, 0.6) is 11.5 Å². The molecule has 0 aliphatic heterocycles. The number of amides is 1. The molecule has 0 saturated carbocycles. The average molecular weight is 517 g/mol. The molecule has 0 aliphatic rings. The molecule has 0 radical (unpaired) electrons. The molecular weight excluding hydrogens is 488 g/mol. The van der Waals surface area contributed by atoms with Crippen molar-refractivity contribution in [2.24, 2.45) is 0 Å². The SMILES string of the molecule is COc1ccc(N(CC(=O)NCc2cccc(OC(C)C)c2)S(=O)(=O)c2ccc(C)cc2)cc1Cl. The first-order valence-electron chi connectivity index (χ1n) is 11.1. The number of halogens is 1. The molecule has 7 nitrogen and oxygen atoms in total. The monoisotopic (exact) mass is 516 g/mol. The van der Waals surface area contributed by atoms with Gasteiger partial charge in [0.25, 0.3) is 10.0 Å². The molecule has 3 rings (SSSR count). The van der Waals surface area contributed by atoms with Crippen molar-refractivity contribution in [3.05, 3.63) is 82.9 Å². The van der Waals surface area contributed by atoms with Crippen LogP contribution in [0.25, 0.3) is 0 Å². The van der Waals surface area contributed by atoms with Crippen LogP contribution in [0.1, 0.15) is 25.0 Å². The molecule has 1 amide bonds. The molecule has 186 valence electrons. The van der Waals surface area contributed by atoms with Gasteiger partial charge in [-0.25, -0.2) is 8.42 Å². The highest BCUT2D eigenvalue weighted by atomic mass is 35.5. The number of nitrogens with zero attached hydrogens (tertiary/aromatic N) is 1. The van der Waals surface area contributed by atoms with Gasteiger partial charge in [-0.05, 0) is 68.8 Å². The molecule has 0 spiro atoms. The molecular formula is C26H29ClN2O5S. The largest absolute Gasteiger partial charge is 0.495 e. The Morgan fingerprint density at radius 3 is 2.40 bits per heavy atom. The Labute approximate surface area is 211 Å². The summed E-state index contributed by atoms with van der Waals surface area (Å²) in [6.07, 6.45) is 0.0247. The van der Waals surface area contributed by atoms with Gasteiger partial charge in [-0.15, -0.1) is 0 Å². The summed E-state index contributed by atoms with van der Waals surface area (Å²) in [6, 6.07) is 18.4. The minimum Gasteiger partial charge on any atom is -0.495 e. The van der Waals surface area contributed by atoms with Gasteiger partial charge in [0, 0.05) is 6.54 Å². The second-order valence-electron chi connectivity index (χ2n) is 8.23. The summed E-state index contributed by atoms with van der Waals surface area (Å²) >= 11 is 6.26. The van der Waals surface area contributed by atoms with E-state index in [1.807, 2.05) is 45.0 Å². The van der Waals surface area contributed by atoms with Gasteiger partial charge < -0.3 is 14.8 Å². The number of anilines is 1. The molecule has 3 aromatic carbocycles. The second-order valence-corrected chi connectivity index (χ2v) is 10.5. The molecule has 0 heterocycles. The van der Waals surface area contributed by atoms with E-state index in [9.17, 15) is 13.2 Å². The number of benzene rings is 3. The van der Waals surface area contributed by atoms with Crippen LogP contribution < -0.4 is 19.1 Å².